The summed E-state index contributed by atoms with van der Waals surface area (Å²) in [5, 5.41) is 9.07. The maximum atomic E-state index is 15.4. The van der Waals surface area contributed by atoms with Crippen molar-refractivity contribution in [3.8, 4) is 23.0 Å². The number of hydrogen-bond acceptors (Lipinski definition) is 10. The molecule has 0 saturated carbocycles. The third-order valence-electron chi connectivity index (χ3n) is 7.02. The minimum Gasteiger partial charge on any atom is -0.465 e. The lowest BCUT2D eigenvalue weighted by atomic mass is 10.1. The van der Waals surface area contributed by atoms with Crippen molar-refractivity contribution in [2.24, 2.45) is 0 Å². The van der Waals surface area contributed by atoms with Gasteiger partial charge in [-0.1, -0.05) is 64.7 Å². The predicted molar refractivity (Wildman–Crippen MR) is 181 cm³/mol. The van der Waals surface area contributed by atoms with E-state index in [2.05, 4.69) is 10.2 Å². The fourth-order valence-corrected chi connectivity index (χ4v) is 6.52. The average Bonchev–Trinajstić information content (AvgIpc) is 3.59. The molecule has 0 atom stereocenters. The molecular formula is C34H30Cl2F2N3O7P. The Bertz CT molecular complexity index is 1970. The number of halogens is 4. The van der Waals surface area contributed by atoms with Gasteiger partial charge in [-0.2, -0.15) is 8.78 Å². The first-order valence-electron chi connectivity index (χ1n) is 14.9. The van der Waals surface area contributed by atoms with E-state index in [-0.39, 0.29) is 36.7 Å². The topological polar surface area (TPSA) is 113 Å². The Morgan fingerprint density at radius 1 is 0.878 bits per heavy atom. The maximum absolute atomic E-state index is 15.4. The highest BCUT2D eigenvalue weighted by atomic mass is 35.5. The highest BCUT2D eigenvalue weighted by molar-refractivity contribution is 7.54. The Hall–Kier alpha value is -4.32. The second-order valence-corrected chi connectivity index (χ2v) is 13.2. The molecule has 0 aliphatic rings. The molecule has 0 aliphatic carbocycles. The van der Waals surface area contributed by atoms with Crippen LogP contribution in [0, 0.1) is 0 Å². The minimum absolute atomic E-state index is 0.0667. The van der Waals surface area contributed by atoms with Crippen LogP contribution in [0.15, 0.2) is 95.4 Å². The second-order valence-electron chi connectivity index (χ2n) is 10.3. The number of rotatable bonds is 14. The van der Waals surface area contributed by atoms with Gasteiger partial charge < -0.3 is 22.9 Å². The molecule has 1 heterocycles. The number of carbonyl (C=O) groups excluding carboxylic acids is 1. The molecule has 0 spiro atoms. The number of esters is 1. The van der Waals surface area contributed by atoms with E-state index in [0.29, 0.717) is 38.9 Å². The summed E-state index contributed by atoms with van der Waals surface area (Å²) in [5.74, 6) is 0.522. The number of aromatic nitrogens is 2. The summed E-state index contributed by atoms with van der Waals surface area (Å²) < 4.78 is 70.3. The summed E-state index contributed by atoms with van der Waals surface area (Å²) >= 11 is 12.5. The van der Waals surface area contributed by atoms with Crippen LogP contribution in [0.4, 0.5) is 20.5 Å². The van der Waals surface area contributed by atoms with Gasteiger partial charge in [0.15, 0.2) is 0 Å². The summed E-state index contributed by atoms with van der Waals surface area (Å²) in [7, 11) is -3.48. The zero-order chi connectivity index (χ0) is 35.2. The summed E-state index contributed by atoms with van der Waals surface area (Å²) in [5.41, 5.74) is -2.45. The van der Waals surface area contributed by atoms with Crippen LogP contribution >= 0.6 is 30.8 Å². The van der Waals surface area contributed by atoms with Crippen molar-refractivity contribution in [3.63, 3.8) is 0 Å². The van der Waals surface area contributed by atoms with Gasteiger partial charge >= 0.3 is 25.2 Å². The van der Waals surface area contributed by atoms with Crippen LogP contribution in [-0.2, 0) is 30.6 Å². The summed E-state index contributed by atoms with van der Waals surface area (Å²) in [6.07, 6.45) is 0. The molecule has 0 amide bonds. The molecule has 256 valence electrons. The number of alkyl halides is 2. The van der Waals surface area contributed by atoms with Crippen LogP contribution in [0.5, 0.6) is 11.5 Å². The Labute approximate surface area is 291 Å². The Kier molecular flexibility index (Phi) is 11.4. The highest BCUT2D eigenvalue weighted by Gasteiger charge is 2.54. The normalized spacial score (nSPS) is 11.7. The fourth-order valence-electron chi connectivity index (χ4n) is 4.69. The van der Waals surface area contributed by atoms with Gasteiger partial charge in [0.1, 0.15) is 11.5 Å². The van der Waals surface area contributed by atoms with Gasteiger partial charge in [0.05, 0.1) is 42.5 Å². The van der Waals surface area contributed by atoms with Crippen LogP contribution in [-0.4, -0.2) is 36.5 Å². The predicted octanol–water partition coefficient (Wildman–Crippen LogP) is 10.3. The van der Waals surface area contributed by atoms with Crippen molar-refractivity contribution in [2.45, 2.75) is 26.1 Å². The van der Waals surface area contributed by atoms with Crippen molar-refractivity contribution >= 4 is 48.5 Å². The summed E-state index contributed by atoms with van der Waals surface area (Å²) in [6, 6.07) is 23.7. The second kappa shape index (κ2) is 15.5. The summed E-state index contributed by atoms with van der Waals surface area (Å²) in [6.45, 7) is 2.59. The number of hydrogen-bond donors (Lipinski definition) is 0. The third kappa shape index (κ3) is 8.12. The molecule has 15 heteroatoms. The van der Waals surface area contributed by atoms with Gasteiger partial charge in [-0.25, -0.2) is 4.79 Å². The van der Waals surface area contributed by atoms with E-state index >= 15 is 8.78 Å². The number of nitrogens with zero attached hydrogens (tertiary/aromatic N) is 3. The van der Waals surface area contributed by atoms with Crippen LogP contribution in [0.2, 0.25) is 10.0 Å². The van der Waals surface area contributed by atoms with Crippen LogP contribution < -0.4 is 9.64 Å². The van der Waals surface area contributed by atoms with Crippen molar-refractivity contribution in [2.75, 3.05) is 25.2 Å². The van der Waals surface area contributed by atoms with Gasteiger partial charge in [0.2, 0.25) is 5.89 Å². The highest BCUT2D eigenvalue weighted by Crippen LogP contribution is 2.66. The van der Waals surface area contributed by atoms with Gasteiger partial charge in [0.25, 0.3) is 0 Å². The molecule has 0 N–H and O–H groups in total. The van der Waals surface area contributed by atoms with Crippen LogP contribution in [0.3, 0.4) is 0 Å². The quantitative estimate of drug-likeness (QED) is 0.0807. The van der Waals surface area contributed by atoms with Gasteiger partial charge in [-0.05, 0) is 74.0 Å². The standard InChI is InChI=1S/C34H30Cl2F2N3O7P/c1-4-45-49(43,46-5-2)34(37,38)25-14-12-22(13-15-25)21-41(26-16-17-29(35)30(36)20-26)33-40-39-31(48-33)23-8-6-10-27(18-23)47-28-11-7-9-24(19-28)32(42)44-3/h6-20H,4-5,21H2,1-3H3. The lowest BCUT2D eigenvalue weighted by Gasteiger charge is -2.26. The van der Waals surface area contributed by atoms with E-state index in [9.17, 15) is 9.36 Å². The lowest BCUT2D eigenvalue weighted by molar-refractivity contribution is 0.0360. The number of carbonyl (C=O) groups is 1. The summed E-state index contributed by atoms with van der Waals surface area (Å²) in [4.78, 5) is 13.6. The van der Waals surface area contributed by atoms with E-state index in [1.807, 2.05) is 0 Å². The zero-order valence-corrected chi connectivity index (χ0v) is 28.8. The molecule has 49 heavy (non-hydrogen) atoms. The molecule has 4 aromatic carbocycles. The Morgan fingerprint density at radius 2 is 1.55 bits per heavy atom. The van der Waals surface area contributed by atoms with E-state index in [1.165, 1.54) is 45.2 Å². The smallest absolute Gasteiger partial charge is 0.404 e. The van der Waals surface area contributed by atoms with Crippen molar-refractivity contribution in [1.29, 1.82) is 0 Å². The van der Waals surface area contributed by atoms with E-state index in [1.54, 1.807) is 71.6 Å². The van der Waals surface area contributed by atoms with E-state index in [0.717, 1.165) is 0 Å². The monoisotopic (exact) mass is 731 g/mol. The van der Waals surface area contributed by atoms with Crippen LogP contribution in [0.1, 0.15) is 35.3 Å². The molecule has 0 radical (unpaired) electrons. The number of methoxy groups -OCH3 is 1. The first-order chi connectivity index (χ1) is 23.5. The third-order valence-corrected chi connectivity index (χ3v) is 9.90. The van der Waals surface area contributed by atoms with Crippen molar-refractivity contribution in [1.82, 2.24) is 10.2 Å². The molecule has 1 aromatic heterocycles. The molecule has 0 fully saturated rings. The maximum Gasteiger partial charge on any atom is 0.404 e. The molecular weight excluding hydrogens is 702 g/mol. The van der Waals surface area contributed by atoms with Crippen LogP contribution in [0.25, 0.3) is 11.5 Å². The molecule has 0 bridgehead atoms. The molecule has 0 unspecified atom stereocenters. The molecule has 5 aromatic rings. The number of ether oxygens (including phenoxy) is 2. The van der Waals surface area contributed by atoms with E-state index in [4.69, 9.17) is 46.1 Å². The van der Waals surface area contributed by atoms with Gasteiger partial charge in [0, 0.05) is 16.8 Å². The first-order valence-corrected chi connectivity index (χ1v) is 17.2. The van der Waals surface area contributed by atoms with Crippen molar-refractivity contribution < 1.29 is 41.1 Å². The SMILES string of the molecule is CCOP(=O)(OCC)C(F)(F)c1ccc(CN(c2ccc(Cl)c(Cl)c2)c2nnc(-c3cccc(Oc4cccc(C(=O)OC)c4)c3)o2)cc1. The molecule has 0 saturated heterocycles. The van der Waals surface area contributed by atoms with Gasteiger partial charge in [-0.3, -0.25) is 9.46 Å². The zero-order valence-electron chi connectivity index (χ0n) is 26.4. The fraction of sp³-hybridized carbons (Fsp3) is 0.206. The number of anilines is 2. The Morgan fingerprint density at radius 3 is 2.20 bits per heavy atom. The first kappa shape index (κ1) is 36.0. The Balaban J connectivity index is 1.43. The largest absolute Gasteiger partial charge is 0.465 e. The number of benzene rings is 4. The molecule has 0 aliphatic heterocycles. The minimum atomic E-state index is -4.78. The molecule has 10 nitrogen and oxygen atoms in total. The average molecular weight is 733 g/mol. The van der Waals surface area contributed by atoms with Gasteiger partial charge in [-0.15, -0.1) is 5.10 Å². The molecule has 5 rings (SSSR count). The van der Waals surface area contributed by atoms with E-state index < -0.39 is 24.8 Å². The lowest BCUT2D eigenvalue weighted by Crippen LogP contribution is -2.19. The van der Waals surface area contributed by atoms with Crippen molar-refractivity contribution in [3.05, 3.63) is 118 Å².